The van der Waals surface area contributed by atoms with Crippen LogP contribution in [0, 0.1) is 0 Å². The van der Waals surface area contributed by atoms with E-state index in [-0.39, 0.29) is 5.91 Å². The topological polar surface area (TPSA) is 56.1 Å². The molecule has 106 valence electrons. The zero-order chi connectivity index (χ0) is 14.8. The lowest BCUT2D eigenvalue weighted by molar-refractivity contribution is 0.0898. The first-order valence-electron chi connectivity index (χ1n) is 6.38. The fraction of sp³-hybridized carbons (Fsp3) is 0.333. The van der Waals surface area contributed by atoms with Crippen molar-refractivity contribution in [2.75, 3.05) is 7.11 Å². The normalized spacial score (nSPS) is 11.2. The molecule has 1 heterocycles. The molecule has 1 N–H and O–H groups in total. The minimum atomic E-state index is -0.491. The van der Waals surface area contributed by atoms with Crippen molar-refractivity contribution in [3.05, 3.63) is 48.0 Å². The van der Waals surface area contributed by atoms with Crippen molar-refractivity contribution in [1.82, 2.24) is 14.9 Å². The van der Waals surface area contributed by atoms with Crippen LogP contribution < -0.4 is 10.1 Å². The second kappa shape index (κ2) is 5.36. The maximum Gasteiger partial charge on any atom is 0.287 e. The number of aryl methyl sites for hydroxylation is 1. The summed E-state index contributed by atoms with van der Waals surface area (Å²) >= 11 is 0. The molecule has 2 aromatic rings. The highest BCUT2D eigenvalue weighted by molar-refractivity contribution is 5.91. The molecule has 20 heavy (non-hydrogen) atoms. The quantitative estimate of drug-likeness (QED) is 0.928. The molecule has 0 aliphatic rings. The molecule has 0 bridgehead atoms. The summed E-state index contributed by atoms with van der Waals surface area (Å²) in [4.78, 5) is 16.3. The van der Waals surface area contributed by atoms with Gasteiger partial charge in [0, 0.05) is 19.4 Å². The Hall–Kier alpha value is -2.30. The van der Waals surface area contributed by atoms with Gasteiger partial charge in [0.1, 0.15) is 5.75 Å². The predicted octanol–water partition coefficient (Wildman–Crippen LogP) is 2.09. The van der Waals surface area contributed by atoms with Crippen molar-refractivity contribution < 1.29 is 9.53 Å². The number of hydrogen-bond acceptors (Lipinski definition) is 3. The van der Waals surface area contributed by atoms with Gasteiger partial charge >= 0.3 is 0 Å². The number of rotatable bonds is 4. The van der Waals surface area contributed by atoms with E-state index in [1.807, 2.05) is 38.1 Å². The molecule has 2 rings (SSSR count). The molecule has 0 radical (unpaired) electrons. The molecule has 1 aromatic heterocycles. The smallest absolute Gasteiger partial charge is 0.287 e. The zero-order valence-corrected chi connectivity index (χ0v) is 12.2. The van der Waals surface area contributed by atoms with Crippen LogP contribution in [0.15, 0.2) is 36.7 Å². The van der Waals surface area contributed by atoms with Crippen LogP contribution in [0.2, 0.25) is 0 Å². The summed E-state index contributed by atoms with van der Waals surface area (Å²) in [7, 11) is 3.42. The minimum Gasteiger partial charge on any atom is -0.497 e. The highest BCUT2D eigenvalue weighted by Crippen LogP contribution is 2.23. The number of nitrogens with zero attached hydrogens (tertiary/aromatic N) is 2. The molecule has 0 saturated carbocycles. The number of carbonyl (C=O) groups is 1. The van der Waals surface area contributed by atoms with Crippen molar-refractivity contribution in [3.63, 3.8) is 0 Å². The van der Waals surface area contributed by atoms with Crippen molar-refractivity contribution in [2.45, 2.75) is 19.4 Å². The molecular weight excluding hydrogens is 254 g/mol. The number of hydrogen-bond donors (Lipinski definition) is 1. The number of ether oxygens (including phenoxy) is 1. The molecule has 0 saturated heterocycles. The lowest BCUT2D eigenvalue weighted by atomic mass is 9.94. The Bertz CT molecular complexity index is 600. The third-order valence-electron chi connectivity index (χ3n) is 3.26. The number of carbonyl (C=O) groups excluding carboxylic acids is 1. The van der Waals surface area contributed by atoms with Gasteiger partial charge in [-0.25, -0.2) is 4.98 Å². The summed E-state index contributed by atoms with van der Waals surface area (Å²) in [5.41, 5.74) is 0.510. The summed E-state index contributed by atoms with van der Waals surface area (Å²) in [6, 6.07) is 7.64. The number of nitrogens with one attached hydrogen (secondary N) is 1. The second-order valence-corrected chi connectivity index (χ2v) is 5.17. The van der Waals surface area contributed by atoms with Crippen LogP contribution in [-0.4, -0.2) is 22.6 Å². The van der Waals surface area contributed by atoms with Gasteiger partial charge in [-0.2, -0.15) is 0 Å². The lowest BCUT2D eigenvalue weighted by Crippen LogP contribution is -2.41. The van der Waals surface area contributed by atoms with E-state index in [0.717, 1.165) is 11.3 Å². The van der Waals surface area contributed by atoms with Gasteiger partial charge in [-0.3, -0.25) is 4.79 Å². The Morgan fingerprint density at radius 3 is 2.45 bits per heavy atom. The van der Waals surface area contributed by atoms with E-state index in [1.54, 1.807) is 31.1 Å². The second-order valence-electron chi connectivity index (χ2n) is 5.17. The summed E-state index contributed by atoms with van der Waals surface area (Å²) < 4.78 is 6.83. The van der Waals surface area contributed by atoms with Crippen molar-refractivity contribution in [3.8, 4) is 5.75 Å². The van der Waals surface area contributed by atoms with Gasteiger partial charge in [0.15, 0.2) is 5.82 Å². The lowest BCUT2D eigenvalue weighted by Gasteiger charge is -2.26. The summed E-state index contributed by atoms with van der Waals surface area (Å²) in [5, 5.41) is 2.99. The third kappa shape index (κ3) is 2.82. The molecule has 1 aromatic carbocycles. The maximum absolute atomic E-state index is 12.2. The summed E-state index contributed by atoms with van der Waals surface area (Å²) in [5.74, 6) is 0.991. The van der Waals surface area contributed by atoms with Gasteiger partial charge in [-0.1, -0.05) is 12.1 Å². The Labute approximate surface area is 118 Å². The van der Waals surface area contributed by atoms with Gasteiger partial charge in [0.25, 0.3) is 5.91 Å². The van der Waals surface area contributed by atoms with Gasteiger partial charge < -0.3 is 14.6 Å². The number of imidazole rings is 1. The SMILES string of the molecule is COc1ccc(C(C)(C)NC(=O)c2nccn2C)cc1. The highest BCUT2D eigenvalue weighted by atomic mass is 16.5. The molecule has 0 unspecified atom stereocenters. The van der Waals surface area contributed by atoms with Gasteiger partial charge in [0.05, 0.1) is 12.6 Å². The molecule has 0 fully saturated rings. The van der Waals surface area contributed by atoms with E-state index in [4.69, 9.17) is 4.74 Å². The Balaban J connectivity index is 2.17. The van der Waals surface area contributed by atoms with Gasteiger partial charge in [-0.15, -0.1) is 0 Å². The fourth-order valence-electron chi connectivity index (χ4n) is 2.00. The van der Waals surface area contributed by atoms with E-state index in [1.165, 1.54) is 0 Å². The first-order chi connectivity index (χ1) is 9.44. The van der Waals surface area contributed by atoms with Gasteiger partial charge in [-0.05, 0) is 31.5 Å². The third-order valence-corrected chi connectivity index (χ3v) is 3.26. The Morgan fingerprint density at radius 2 is 1.95 bits per heavy atom. The zero-order valence-electron chi connectivity index (χ0n) is 12.2. The minimum absolute atomic E-state index is 0.196. The molecule has 5 heteroatoms. The molecule has 0 aliphatic carbocycles. The van der Waals surface area contributed by atoms with Crippen LogP contribution >= 0.6 is 0 Å². The number of methoxy groups -OCH3 is 1. The monoisotopic (exact) mass is 273 g/mol. The van der Waals surface area contributed by atoms with E-state index in [2.05, 4.69) is 10.3 Å². The summed E-state index contributed by atoms with van der Waals surface area (Å²) in [6.07, 6.45) is 3.35. The Morgan fingerprint density at radius 1 is 1.30 bits per heavy atom. The van der Waals surface area contributed by atoms with Crippen LogP contribution in [0.5, 0.6) is 5.75 Å². The molecule has 0 spiro atoms. The van der Waals surface area contributed by atoms with Gasteiger partial charge in [0.2, 0.25) is 0 Å². The molecule has 0 aliphatic heterocycles. The summed E-state index contributed by atoms with van der Waals surface area (Å²) in [6.45, 7) is 3.91. The van der Waals surface area contributed by atoms with Crippen molar-refractivity contribution in [1.29, 1.82) is 0 Å². The number of amides is 1. The average Bonchev–Trinajstić information content (AvgIpc) is 2.84. The number of aromatic nitrogens is 2. The highest BCUT2D eigenvalue weighted by Gasteiger charge is 2.25. The number of benzene rings is 1. The van der Waals surface area contributed by atoms with E-state index >= 15 is 0 Å². The van der Waals surface area contributed by atoms with Crippen LogP contribution in [-0.2, 0) is 12.6 Å². The molecule has 1 amide bonds. The first-order valence-corrected chi connectivity index (χ1v) is 6.38. The van der Waals surface area contributed by atoms with E-state index in [0.29, 0.717) is 5.82 Å². The fourth-order valence-corrected chi connectivity index (χ4v) is 2.00. The van der Waals surface area contributed by atoms with Crippen LogP contribution in [0.1, 0.15) is 30.0 Å². The molecule has 5 nitrogen and oxygen atoms in total. The standard InChI is InChI=1S/C15H19N3O2/c1-15(2,11-5-7-12(20-4)8-6-11)17-14(19)13-16-9-10-18(13)3/h5-10H,1-4H3,(H,17,19). The molecule has 0 atom stereocenters. The largest absolute Gasteiger partial charge is 0.497 e. The maximum atomic E-state index is 12.2. The Kier molecular flexibility index (Phi) is 3.79. The van der Waals surface area contributed by atoms with Crippen molar-refractivity contribution >= 4 is 5.91 Å². The van der Waals surface area contributed by atoms with E-state index < -0.39 is 5.54 Å². The van der Waals surface area contributed by atoms with Crippen LogP contribution in [0.25, 0.3) is 0 Å². The first kappa shape index (κ1) is 14.1. The molecular formula is C15H19N3O2. The van der Waals surface area contributed by atoms with E-state index in [9.17, 15) is 4.79 Å². The predicted molar refractivity (Wildman–Crippen MR) is 76.7 cm³/mol. The van der Waals surface area contributed by atoms with Crippen molar-refractivity contribution in [2.24, 2.45) is 7.05 Å². The van der Waals surface area contributed by atoms with Crippen LogP contribution in [0.4, 0.5) is 0 Å². The van der Waals surface area contributed by atoms with Crippen LogP contribution in [0.3, 0.4) is 0 Å². The average molecular weight is 273 g/mol.